The molecule has 3 nitrogen and oxygen atoms in total. The van der Waals surface area contributed by atoms with Gasteiger partial charge in [0.15, 0.2) is 0 Å². The van der Waals surface area contributed by atoms with Gasteiger partial charge >= 0.3 is 7.60 Å². The number of benzene rings is 1. The van der Waals surface area contributed by atoms with E-state index in [1.165, 1.54) is 0 Å². The molecule has 0 heterocycles. The van der Waals surface area contributed by atoms with Crippen LogP contribution in [0.1, 0.15) is 58.9 Å². The zero-order valence-electron chi connectivity index (χ0n) is 13.1. The molecule has 0 aliphatic carbocycles. The zero-order chi connectivity index (χ0) is 15.2. The summed E-state index contributed by atoms with van der Waals surface area (Å²) < 4.78 is 17.3. The summed E-state index contributed by atoms with van der Waals surface area (Å²) in [7, 11) is -3.67. The molecule has 1 unspecified atom stereocenters. The molecule has 114 valence electrons. The highest BCUT2D eigenvalue weighted by atomic mass is 31.2. The van der Waals surface area contributed by atoms with Gasteiger partial charge in [0.05, 0.1) is 11.9 Å². The first-order valence-corrected chi connectivity index (χ1v) is 8.93. The second-order valence-electron chi connectivity index (χ2n) is 6.21. The minimum Gasteiger partial charge on any atom is -0.321 e. The molecule has 1 atom stereocenters. The standard InChI is InChI=1S/C16H27O3P/c1-5-6-7-8-13-19-20(17,18)15-11-9-14(10-12-15)16(2,3)4/h9-12H,5-8,13H2,1-4H3,(H,17,18). The van der Waals surface area contributed by atoms with Crippen LogP contribution >= 0.6 is 7.60 Å². The lowest BCUT2D eigenvalue weighted by Gasteiger charge is -2.20. The molecule has 1 N–H and O–H groups in total. The minimum atomic E-state index is -3.67. The Morgan fingerprint density at radius 2 is 1.70 bits per heavy atom. The minimum absolute atomic E-state index is 0.0407. The normalized spacial score (nSPS) is 15.1. The molecule has 0 aromatic heterocycles. The van der Waals surface area contributed by atoms with Crippen LogP contribution in [-0.4, -0.2) is 11.5 Å². The first kappa shape index (κ1) is 17.4. The molecule has 0 spiro atoms. The number of hydrogen-bond donors (Lipinski definition) is 1. The quantitative estimate of drug-likeness (QED) is 0.600. The van der Waals surface area contributed by atoms with Gasteiger partial charge in [-0.05, 0) is 29.5 Å². The van der Waals surface area contributed by atoms with Crippen molar-refractivity contribution in [2.24, 2.45) is 0 Å². The molecular formula is C16H27O3P. The van der Waals surface area contributed by atoms with E-state index in [0.717, 1.165) is 31.2 Å². The lowest BCUT2D eigenvalue weighted by atomic mass is 9.87. The molecule has 0 bridgehead atoms. The monoisotopic (exact) mass is 298 g/mol. The average molecular weight is 298 g/mol. The van der Waals surface area contributed by atoms with Crippen molar-refractivity contribution in [3.05, 3.63) is 29.8 Å². The SMILES string of the molecule is CCCCCCOP(=O)(O)c1ccc(C(C)(C)C)cc1. The Balaban J connectivity index is 2.61. The summed E-state index contributed by atoms with van der Waals surface area (Å²) in [5.74, 6) is 0. The molecule has 0 saturated carbocycles. The zero-order valence-corrected chi connectivity index (χ0v) is 14.0. The van der Waals surface area contributed by atoms with Gasteiger partial charge in [0.25, 0.3) is 0 Å². The van der Waals surface area contributed by atoms with Crippen LogP contribution in [0.3, 0.4) is 0 Å². The highest BCUT2D eigenvalue weighted by molar-refractivity contribution is 7.61. The van der Waals surface area contributed by atoms with Gasteiger partial charge < -0.3 is 9.42 Å². The summed E-state index contributed by atoms with van der Waals surface area (Å²) >= 11 is 0. The number of hydrogen-bond acceptors (Lipinski definition) is 2. The predicted octanol–water partition coefficient (Wildman–Crippen LogP) is 4.39. The Morgan fingerprint density at radius 3 is 2.20 bits per heavy atom. The molecule has 4 heteroatoms. The van der Waals surface area contributed by atoms with Crippen LogP contribution in [0.15, 0.2) is 24.3 Å². The van der Waals surface area contributed by atoms with Crippen molar-refractivity contribution in [1.29, 1.82) is 0 Å². The first-order chi connectivity index (χ1) is 9.27. The largest absolute Gasteiger partial charge is 0.358 e. The molecule has 0 amide bonds. The smallest absolute Gasteiger partial charge is 0.321 e. The molecule has 0 saturated heterocycles. The van der Waals surface area contributed by atoms with Gasteiger partial charge in [-0.1, -0.05) is 59.1 Å². The molecule has 0 aliphatic rings. The lowest BCUT2D eigenvalue weighted by molar-refractivity contribution is 0.262. The van der Waals surface area contributed by atoms with Crippen molar-refractivity contribution in [3.8, 4) is 0 Å². The maximum Gasteiger partial charge on any atom is 0.358 e. The van der Waals surface area contributed by atoms with Crippen LogP contribution in [0, 0.1) is 0 Å². The van der Waals surface area contributed by atoms with Crippen LogP contribution in [0.4, 0.5) is 0 Å². The second-order valence-corrected chi connectivity index (χ2v) is 8.03. The van der Waals surface area contributed by atoms with Gasteiger partial charge in [0.1, 0.15) is 0 Å². The third-order valence-electron chi connectivity index (χ3n) is 3.32. The van der Waals surface area contributed by atoms with Crippen LogP contribution in [0.25, 0.3) is 0 Å². The molecule has 1 aromatic carbocycles. The summed E-state index contributed by atoms with van der Waals surface area (Å²) in [6.45, 7) is 8.82. The third-order valence-corrected chi connectivity index (χ3v) is 4.81. The number of rotatable bonds is 7. The summed E-state index contributed by atoms with van der Waals surface area (Å²) in [6, 6.07) is 7.21. The average Bonchev–Trinajstić information content (AvgIpc) is 2.37. The van der Waals surface area contributed by atoms with Crippen molar-refractivity contribution in [3.63, 3.8) is 0 Å². The Kier molecular flexibility index (Phi) is 6.44. The van der Waals surface area contributed by atoms with Crippen LogP contribution < -0.4 is 5.30 Å². The third kappa shape index (κ3) is 5.40. The van der Waals surface area contributed by atoms with Gasteiger partial charge in [-0.25, -0.2) is 0 Å². The van der Waals surface area contributed by atoms with E-state index in [-0.39, 0.29) is 5.41 Å². The van der Waals surface area contributed by atoms with Crippen LogP contribution in [0.2, 0.25) is 0 Å². The summed E-state index contributed by atoms with van der Waals surface area (Å²) in [5, 5.41) is 0.376. The van der Waals surface area contributed by atoms with E-state index in [4.69, 9.17) is 4.52 Å². The summed E-state index contributed by atoms with van der Waals surface area (Å²) in [5.41, 5.74) is 1.18. The van der Waals surface area contributed by atoms with Crippen LogP contribution in [0.5, 0.6) is 0 Å². The van der Waals surface area contributed by atoms with Crippen LogP contribution in [-0.2, 0) is 14.5 Å². The summed E-state index contributed by atoms with van der Waals surface area (Å²) in [4.78, 5) is 9.97. The van der Waals surface area contributed by atoms with Crippen molar-refractivity contribution in [2.45, 2.75) is 58.8 Å². The fourth-order valence-corrected chi connectivity index (χ4v) is 2.99. The Labute approximate surface area is 122 Å². The summed E-state index contributed by atoms with van der Waals surface area (Å²) in [6.07, 6.45) is 4.16. The Bertz CT molecular complexity index is 446. The molecule has 1 rings (SSSR count). The molecule has 0 fully saturated rings. The molecule has 1 aromatic rings. The predicted molar refractivity (Wildman–Crippen MR) is 84.7 cm³/mol. The molecule has 0 radical (unpaired) electrons. The van der Waals surface area contributed by atoms with E-state index in [1.807, 2.05) is 12.1 Å². The van der Waals surface area contributed by atoms with Crippen molar-refractivity contribution < 1.29 is 14.0 Å². The fraction of sp³-hybridized carbons (Fsp3) is 0.625. The number of unbranched alkanes of at least 4 members (excludes halogenated alkanes) is 3. The van der Waals surface area contributed by atoms with Crippen molar-refractivity contribution >= 4 is 12.9 Å². The van der Waals surface area contributed by atoms with Crippen molar-refractivity contribution in [2.75, 3.05) is 6.61 Å². The van der Waals surface area contributed by atoms with E-state index in [9.17, 15) is 9.46 Å². The van der Waals surface area contributed by atoms with Crippen molar-refractivity contribution in [1.82, 2.24) is 0 Å². The lowest BCUT2D eigenvalue weighted by Crippen LogP contribution is -2.14. The van der Waals surface area contributed by atoms with Gasteiger partial charge in [-0.2, -0.15) is 0 Å². The highest BCUT2D eigenvalue weighted by Crippen LogP contribution is 2.41. The maximum atomic E-state index is 12.1. The van der Waals surface area contributed by atoms with Gasteiger partial charge in [0, 0.05) is 0 Å². The topological polar surface area (TPSA) is 46.5 Å². The van der Waals surface area contributed by atoms with E-state index >= 15 is 0 Å². The van der Waals surface area contributed by atoms with Gasteiger partial charge in [-0.3, -0.25) is 4.57 Å². The maximum absolute atomic E-state index is 12.1. The fourth-order valence-electron chi connectivity index (χ4n) is 1.94. The Morgan fingerprint density at radius 1 is 1.10 bits per heavy atom. The van der Waals surface area contributed by atoms with E-state index in [0.29, 0.717) is 11.9 Å². The molecule has 20 heavy (non-hydrogen) atoms. The van der Waals surface area contributed by atoms with E-state index < -0.39 is 7.60 Å². The van der Waals surface area contributed by atoms with E-state index in [2.05, 4.69) is 27.7 Å². The van der Waals surface area contributed by atoms with Gasteiger partial charge in [0.2, 0.25) is 0 Å². The first-order valence-electron chi connectivity index (χ1n) is 7.36. The highest BCUT2D eigenvalue weighted by Gasteiger charge is 2.23. The second kappa shape index (κ2) is 7.40. The molecule has 0 aliphatic heterocycles. The van der Waals surface area contributed by atoms with E-state index in [1.54, 1.807) is 12.1 Å². The Hall–Kier alpha value is -0.630. The van der Waals surface area contributed by atoms with Gasteiger partial charge in [-0.15, -0.1) is 0 Å². The molecular weight excluding hydrogens is 271 g/mol.